The lowest BCUT2D eigenvalue weighted by atomic mass is 10.0. The van der Waals surface area contributed by atoms with E-state index in [1.54, 1.807) is 14.2 Å². The molecule has 1 unspecified atom stereocenters. The first-order valence-electron chi connectivity index (χ1n) is 7.61. The summed E-state index contributed by atoms with van der Waals surface area (Å²) in [7, 11) is 3.22. The maximum Gasteiger partial charge on any atom is 0.224 e. The maximum absolute atomic E-state index is 12.3. The molecule has 4 heteroatoms. The zero-order chi connectivity index (χ0) is 16.8. The van der Waals surface area contributed by atoms with Crippen LogP contribution in [0.15, 0.2) is 42.5 Å². The maximum atomic E-state index is 12.3. The number of rotatable bonds is 6. The molecule has 0 saturated carbocycles. The van der Waals surface area contributed by atoms with Gasteiger partial charge in [-0.2, -0.15) is 0 Å². The van der Waals surface area contributed by atoms with E-state index in [-0.39, 0.29) is 11.9 Å². The number of methoxy groups -OCH3 is 2. The Balaban J connectivity index is 2.08. The molecule has 0 spiro atoms. The summed E-state index contributed by atoms with van der Waals surface area (Å²) >= 11 is 0. The second-order valence-electron chi connectivity index (χ2n) is 5.50. The molecule has 2 rings (SSSR count). The van der Waals surface area contributed by atoms with E-state index in [9.17, 15) is 4.79 Å². The van der Waals surface area contributed by atoms with Crippen LogP contribution in [0.3, 0.4) is 0 Å². The van der Waals surface area contributed by atoms with E-state index in [4.69, 9.17) is 9.47 Å². The van der Waals surface area contributed by atoms with Crippen LogP contribution in [0.1, 0.15) is 29.7 Å². The molecule has 0 aliphatic rings. The van der Waals surface area contributed by atoms with Crippen molar-refractivity contribution in [1.29, 1.82) is 0 Å². The van der Waals surface area contributed by atoms with Crippen LogP contribution in [-0.2, 0) is 11.2 Å². The van der Waals surface area contributed by atoms with Crippen LogP contribution in [0.25, 0.3) is 0 Å². The number of nitrogens with one attached hydrogen (secondary N) is 1. The first-order valence-corrected chi connectivity index (χ1v) is 7.61. The van der Waals surface area contributed by atoms with Gasteiger partial charge in [0.25, 0.3) is 0 Å². The average Bonchev–Trinajstić information content (AvgIpc) is 2.56. The number of benzene rings is 2. The molecular weight excluding hydrogens is 290 g/mol. The van der Waals surface area contributed by atoms with Crippen molar-refractivity contribution in [2.24, 2.45) is 0 Å². The van der Waals surface area contributed by atoms with Crippen molar-refractivity contribution >= 4 is 5.91 Å². The Bertz CT molecular complexity index is 682. The molecule has 1 N–H and O–H groups in total. The van der Waals surface area contributed by atoms with Crippen molar-refractivity contribution in [1.82, 2.24) is 5.32 Å². The number of aryl methyl sites for hydroxylation is 1. The standard InChI is InChI=1S/C19H23NO3/c1-13-7-5-6-8-15(13)11-19(21)20-14(2)17-10-9-16(22-3)12-18(17)23-4/h5-10,12,14H,11H2,1-4H3,(H,20,21). The summed E-state index contributed by atoms with van der Waals surface area (Å²) in [5.74, 6) is 1.42. The molecule has 122 valence electrons. The van der Waals surface area contributed by atoms with E-state index in [1.807, 2.05) is 56.3 Å². The minimum Gasteiger partial charge on any atom is -0.497 e. The SMILES string of the molecule is COc1ccc(C(C)NC(=O)Cc2ccccc2C)c(OC)c1. The van der Waals surface area contributed by atoms with Gasteiger partial charge in [-0.25, -0.2) is 0 Å². The van der Waals surface area contributed by atoms with Gasteiger partial charge in [0.15, 0.2) is 0 Å². The van der Waals surface area contributed by atoms with Crippen molar-refractivity contribution < 1.29 is 14.3 Å². The summed E-state index contributed by atoms with van der Waals surface area (Å²) in [5.41, 5.74) is 3.09. The van der Waals surface area contributed by atoms with Crippen LogP contribution in [0.4, 0.5) is 0 Å². The highest BCUT2D eigenvalue weighted by atomic mass is 16.5. The van der Waals surface area contributed by atoms with Crippen LogP contribution in [0.5, 0.6) is 11.5 Å². The van der Waals surface area contributed by atoms with Gasteiger partial charge < -0.3 is 14.8 Å². The highest BCUT2D eigenvalue weighted by molar-refractivity contribution is 5.79. The minimum atomic E-state index is -0.146. The van der Waals surface area contributed by atoms with E-state index in [1.165, 1.54) is 0 Å². The zero-order valence-electron chi connectivity index (χ0n) is 14.1. The van der Waals surface area contributed by atoms with Gasteiger partial charge in [-0.1, -0.05) is 24.3 Å². The quantitative estimate of drug-likeness (QED) is 0.889. The highest BCUT2D eigenvalue weighted by Crippen LogP contribution is 2.29. The number of carbonyl (C=O) groups is 1. The summed E-state index contributed by atoms with van der Waals surface area (Å²) in [6.07, 6.45) is 0.371. The predicted molar refractivity (Wildman–Crippen MR) is 91.0 cm³/mol. The molecular formula is C19H23NO3. The van der Waals surface area contributed by atoms with Crippen molar-refractivity contribution in [2.75, 3.05) is 14.2 Å². The molecule has 1 atom stereocenters. The van der Waals surface area contributed by atoms with E-state index in [2.05, 4.69) is 5.32 Å². The Hall–Kier alpha value is -2.49. The smallest absolute Gasteiger partial charge is 0.224 e. The molecule has 0 aromatic heterocycles. The molecule has 0 bridgehead atoms. The number of amides is 1. The molecule has 0 aliphatic heterocycles. The molecule has 0 radical (unpaired) electrons. The third-order valence-corrected chi connectivity index (χ3v) is 3.90. The third-order valence-electron chi connectivity index (χ3n) is 3.90. The topological polar surface area (TPSA) is 47.6 Å². The Morgan fingerprint density at radius 2 is 1.87 bits per heavy atom. The zero-order valence-corrected chi connectivity index (χ0v) is 14.1. The second kappa shape index (κ2) is 7.68. The number of hydrogen-bond donors (Lipinski definition) is 1. The number of ether oxygens (including phenoxy) is 2. The largest absolute Gasteiger partial charge is 0.497 e. The summed E-state index contributed by atoms with van der Waals surface area (Å²) < 4.78 is 10.6. The average molecular weight is 313 g/mol. The van der Waals surface area contributed by atoms with Crippen LogP contribution in [0, 0.1) is 6.92 Å². The van der Waals surface area contributed by atoms with Gasteiger partial charge in [-0.3, -0.25) is 4.79 Å². The van der Waals surface area contributed by atoms with Crippen LogP contribution >= 0.6 is 0 Å². The molecule has 2 aromatic rings. The fraction of sp³-hybridized carbons (Fsp3) is 0.316. The third kappa shape index (κ3) is 4.25. The fourth-order valence-corrected chi connectivity index (χ4v) is 2.53. The van der Waals surface area contributed by atoms with Gasteiger partial charge in [0.1, 0.15) is 11.5 Å². The predicted octanol–water partition coefficient (Wildman–Crippen LogP) is 3.43. The Kier molecular flexibility index (Phi) is 5.63. The van der Waals surface area contributed by atoms with E-state index in [0.717, 1.165) is 22.4 Å². The molecule has 23 heavy (non-hydrogen) atoms. The van der Waals surface area contributed by atoms with E-state index >= 15 is 0 Å². The van der Waals surface area contributed by atoms with Crippen molar-refractivity contribution in [3.8, 4) is 11.5 Å². The number of hydrogen-bond acceptors (Lipinski definition) is 3. The van der Waals surface area contributed by atoms with Crippen LogP contribution in [-0.4, -0.2) is 20.1 Å². The second-order valence-corrected chi connectivity index (χ2v) is 5.50. The Morgan fingerprint density at radius 3 is 2.52 bits per heavy atom. The Morgan fingerprint density at radius 1 is 1.13 bits per heavy atom. The van der Waals surface area contributed by atoms with Gasteiger partial charge in [-0.05, 0) is 37.1 Å². The van der Waals surface area contributed by atoms with E-state index < -0.39 is 0 Å². The van der Waals surface area contributed by atoms with Gasteiger partial charge >= 0.3 is 0 Å². The summed E-state index contributed by atoms with van der Waals surface area (Å²) in [5, 5.41) is 3.02. The Labute approximate surface area is 137 Å². The summed E-state index contributed by atoms with van der Waals surface area (Å²) in [6, 6.07) is 13.4. The van der Waals surface area contributed by atoms with Gasteiger partial charge in [0.05, 0.1) is 26.7 Å². The highest BCUT2D eigenvalue weighted by Gasteiger charge is 2.15. The number of carbonyl (C=O) groups excluding carboxylic acids is 1. The van der Waals surface area contributed by atoms with Crippen molar-refractivity contribution in [3.05, 3.63) is 59.2 Å². The monoisotopic (exact) mass is 313 g/mol. The first kappa shape index (κ1) is 16.9. The van der Waals surface area contributed by atoms with Crippen LogP contribution in [0.2, 0.25) is 0 Å². The van der Waals surface area contributed by atoms with Crippen molar-refractivity contribution in [2.45, 2.75) is 26.3 Å². The minimum absolute atomic E-state index is 0.00956. The lowest BCUT2D eigenvalue weighted by Gasteiger charge is -2.18. The summed E-state index contributed by atoms with van der Waals surface area (Å²) in [4.78, 5) is 12.3. The lowest BCUT2D eigenvalue weighted by Crippen LogP contribution is -2.28. The van der Waals surface area contributed by atoms with Gasteiger partial charge in [-0.15, -0.1) is 0 Å². The lowest BCUT2D eigenvalue weighted by molar-refractivity contribution is -0.121. The van der Waals surface area contributed by atoms with Gasteiger partial charge in [0, 0.05) is 11.6 Å². The summed E-state index contributed by atoms with van der Waals surface area (Å²) in [6.45, 7) is 3.96. The molecule has 1 amide bonds. The fourth-order valence-electron chi connectivity index (χ4n) is 2.53. The molecule has 0 saturated heterocycles. The molecule has 4 nitrogen and oxygen atoms in total. The van der Waals surface area contributed by atoms with Crippen molar-refractivity contribution in [3.63, 3.8) is 0 Å². The molecule has 0 aliphatic carbocycles. The molecule has 0 fully saturated rings. The normalized spacial score (nSPS) is 11.7. The first-order chi connectivity index (χ1) is 11.0. The molecule has 2 aromatic carbocycles. The van der Waals surface area contributed by atoms with Gasteiger partial charge in [0.2, 0.25) is 5.91 Å². The van der Waals surface area contributed by atoms with E-state index in [0.29, 0.717) is 12.2 Å². The van der Waals surface area contributed by atoms with Crippen LogP contribution < -0.4 is 14.8 Å². The molecule has 0 heterocycles.